The number of methoxy groups -OCH3 is 1. The highest BCUT2D eigenvalue weighted by molar-refractivity contribution is 5.99. The van der Waals surface area contributed by atoms with Gasteiger partial charge in [0.15, 0.2) is 5.78 Å². The minimum absolute atomic E-state index is 0.0371. The van der Waals surface area contributed by atoms with Crippen molar-refractivity contribution >= 4 is 5.78 Å². The van der Waals surface area contributed by atoms with Crippen molar-refractivity contribution in [2.45, 2.75) is 18.8 Å². The summed E-state index contributed by atoms with van der Waals surface area (Å²) in [7, 11) is 1.58. The number of hydrogen-bond acceptors (Lipinski definition) is 4. The molecule has 0 radical (unpaired) electrons. The van der Waals surface area contributed by atoms with E-state index in [2.05, 4.69) is 0 Å². The third-order valence-electron chi connectivity index (χ3n) is 3.30. The number of ether oxygens (including phenoxy) is 2. The number of hydrogen-bond donors (Lipinski definition) is 1. The van der Waals surface area contributed by atoms with Crippen LogP contribution in [0.2, 0.25) is 0 Å². The van der Waals surface area contributed by atoms with E-state index in [4.69, 9.17) is 15.2 Å². The van der Waals surface area contributed by atoms with Crippen LogP contribution in [0.25, 0.3) is 0 Å². The molecule has 18 heavy (non-hydrogen) atoms. The zero-order chi connectivity index (χ0) is 13.0. The molecule has 1 aromatic carbocycles. The lowest BCUT2D eigenvalue weighted by Gasteiger charge is -2.13. The highest BCUT2D eigenvalue weighted by Gasteiger charge is 2.20. The van der Waals surface area contributed by atoms with E-state index in [0.29, 0.717) is 30.2 Å². The van der Waals surface area contributed by atoms with E-state index in [1.54, 1.807) is 7.11 Å². The maximum atomic E-state index is 12.0. The number of benzene rings is 1. The van der Waals surface area contributed by atoms with Crippen molar-refractivity contribution in [1.82, 2.24) is 0 Å². The smallest absolute Gasteiger partial charge is 0.167 e. The Morgan fingerprint density at radius 2 is 2.39 bits per heavy atom. The molecule has 1 heterocycles. The van der Waals surface area contributed by atoms with E-state index in [0.717, 1.165) is 25.2 Å². The Balaban J connectivity index is 2.29. The van der Waals surface area contributed by atoms with Crippen molar-refractivity contribution in [3.05, 3.63) is 29.3 Å². The van der Waals surface area contributed by atoms with Crippen molar-refractivity contribution in [2.24, 2.45) is 5.73 Å². The molecule has 98 valence electrons. The average Bonchev–Trinajstić information content (AvgIpc) is 2.92. The molecule has 1 saturated heterocycles. The SMILES string of the molecule is COc1ccc(C2CCOC2)cc1C(=O)CCN. The molecule has 0 bridgehead atoms. The second kappa shape index (κ2) is 5.98. The molecule has 0 aromatic heterocycles. The molecule has 0 saturated carbocycles. The zero-order valence-corrected chi connectivity index (χ0v) is 10.6. The van der Waals surface area contributed by atoms with Crippen LogP contribution in [0.4, 0.5) is 0 Å². The van der Waals surface area contributed by atoms with Crippen molar-refractivity contribution in [1.29, 1.82) is 0 Å². The lowest BCUT2D eigenvalue weighted by atomic mass is 9.94. The van der Waals surface area contributed by atoms with Crippen molar-refractivity contribution < 1.29 is 14.3 Å². The Kier molecular flexibility index (Phi) is 4.33. The largest absolute Gasteiger partial charge is 0.496 e. The molecule has 4 heteroatoms. The minimum atomic E-state index is 0.0371. The maximum absolute atomic E-state index is 12.0. The van der Waals surface area contributed by atoms with Gasteiger partial charge in [0.25, 0.3) is 0 Å². The van der Waals surface area contributed by atoms with Crippen LogP contribution in [0.5, 0.6) is 5.75 Å². The Morgan fingerprint density at radius 1 is 1.56 bits per heavy atom. The lowest BCUT2D eigenvalue weighted by molar-refractivity contribution is 0.0982. The number of carbonyl (C=O) groups excluding carboxylic acids is 1. The van der Waals surface area contributed by atoms with E-state index in [1.165, 1.54) is 0 Å². The number of carbonyl (C=O) groups is 1. The van der Waals surface area contributed by atoms with Gasteiger partial charge in [0.1, 0.15) is 5.75 Å². The standard InChI is InChI=1S/C14H19NO3/c1-17-14-3-2-10(11-5-7-18-9-11)8-12(14)13(16)4-6-15/h2-3,8,11H,4-7,9,15H2,1H3. The third-order valence-corrected chi connectivity index (χ3v) is 3.30. The van der Waals surface area contributed by atoms with Gasteiger partial charge in [0.05, 0.1) is 19.3 Å². The fourth-order valence-corrected chi connectivity index (χ4v) is 2.26. The summed E-state index contributed by atoms with van der Waals surface area (Å²) in [5.74, 6) is 1.05. The molecule has 1 atom stereocenters. The number of ketones is 1. The first kappa shape index (κ1) is 13.1. The highest BCUT2D eigenvalue weighted by atomic mass is 16.5. The fraction of sp³-hybridized carbons (Fsp3) is 0.500. The first-order valence-corrected chi connectivity index (χ1v) is 6.25. The van der Waals surface area contributed by atoms with E-state index in [-0.39, 0.29) is 5.78 Å². The zero-order valence-electron chi connectivity index (χ0n) is 10.6. The summed E-state index contributed by atoms with van der Waals surface area (Å²) in [5.41, 5.74) is 7.22. The van der Waals surface area contributed by atoms with Gasteiger partial charge in [-0.2, -0.15) is 0 Å². The summed E-state index contributed by atoms with van der Waals surface area (Å²) < 4.78 is 10.6. The molecule has 0 spiro atoms. The van der Waals surface area contributed by atoms with Gasteiger partial charge in [-0.25, -0.2) is 0 Å². The van der Waals surface area contributed by atoms with E-state index >= 15 is 0 Å². The maximum Gasteiger partial charge on any atom is 0.167 e. The molecular formula is C14H19NO3. The van der Waals surface area contributed by atoms with Crippen molar-refractivity contribution in [3.8, 4) is 5.75 Å². The summed E-state index contributed by atoms with van der Waals surface area (Å²) in [6, 6.07) is 5.80. The molecule has 1 aromatic rings. The van der Waals surface area contributed by atoms with Gasteiger partial charge in [0.2, 0.25) is 0 Å². The van der Waals surface area contributed by atoms with Gasteiger partial charge in [-0.3, -0.25) is 4.79 Å². The summed E-state index contributed by atoms with van der Waals surface area (Å²) in [6.45, 7) is 1.89. The summed E-state index contributed by atoms with van der Waals surface area (Å²) >= 11 is 0. The van der Waals surface area contributed by atoms with Crippen LogP contribution >= 0.6 is 0 Å². The summed E-state index contributed by atoms with van der Waals surface area (Å²) in [5, 5.41) is 0. The molecule has 0 amide bonds. The second-order valence-electron chi connectivity index (χ2n) is 4.48. The van der Waals surface area contributed by atoms with Gasteiger partial charge >= 0.3 is 0 Å². The van der Waals surface area contributed by atoms with Gasteiger partial charge in [0, 0.05) is 18.9 Å². The first-order valence-electron chi connectivity index (χ1n) is 6.25. The Labute approximate surface area is 107 Å². The molecule has 1 unspecified atom stereocenters. The van der Waals surface area contributed by atoms with Crippen LogP contribution in [0.1, 0.15) is 34.7 Å². The highest BCUT2D eigenvalue weighted by Crippen LogP contribution is 2.29. The van der Waals surface area contributed by atoms with Gasteiger partial charge in [-0.15, -0.1) is 0 Å². The minimum Gasteiger partial charge on any atom is -0.496 e. The van der Waals surface area contributed by atoms with E-state index in [9.17, 15) is 4.79 Å². The van der Waals surface area contributed by atoms with Gasteiger partial charge in [-0.1, -0.05) is 6.07 Å². The molecule has 0 aliphatic carbocycles. The topological polar surface area (TPSA) is 61.5 Å². The monoisotopic (exact) mass is 249 g/mol. The quantitative estimate of drug-likeness (QED) is 0.807. The van der Waals surface area contributed by atoms with Crippen LogP contribution in [-0.4, -0.2) is 32.7 Å². The molecular weight excluding hydrogens is 230 g/mol. The van der Waals surface area contributed by atoms with Crippen LogP contribution < -0.4 is 10.5 Å². The third kappa shape index (κ3) is 2.71. The molecule has 2 rings (SSSR count). The molecule has 2 N–H and O–H groups in total. The first-order chi connectivity index (χ1) is 8.76. The van der Waals surface area contributed by atoms with E-state index < -0.39 is 0 Å². The van der Waals surface area contributed by atoms with Crippen LogP contribution in [0, 0.1) is 0 Å². The molecule has 1 fully saturated rings. The molecule has 4 nitrogen and oxygen atoms in total. The number of nitrogens with two attached hydrogens (primary N) is 1. The summed E-state index contributed by atoms with van der Waals surface area (Å²) in [4.78, 5) is 12.0. The van der Waals surface area contributed by atoms with Crippen molar-refractivity contribution in [2.75, 3.05) is 26.9 Å². The van der Waals surface area contributed by atoms with E-state index in [1.807, 2.05) is 18.2 Å². The fourth-order valence-electron chi connectivity index (χ4n) is 2.26. The number of Topliss-reactive ketones (excluding diaryl/α,β-unsaturated/α-hetero) is 1. The van der Waals surface area contributed by atoms with Crippen LogP contribution in [-0.2, 0) is 4.74 Å². The molecule has 1 aliphatic rings. The Bertz CT molecular complexity index is 425. The van der Waals surface area contributed by atoms with Crippen molar-refractivity contribution in [3.63, 3.8) is 0 Å². The lowest BCUT2D eigenvalue weighted by Crippen LogP contribution is -2.10. The van der Waals surface area contributed by atoms with Crippen LogP contribution in [0.15, 0.2) is 18.2 Å². The van der Waals surface area contributed by atoms with Gasteiger partial charge in [-0.05, 0) is 30.7 Å². The average molecular weight is 249 g/mol. The second-order valence-corrected chi connectivity index (χ2v) is 4.48. The Morgan fingerprint density at radius 3 is 3.00 bits per heavy atom. The predicted octanol–water partition coefficient (Wildman–Crippen LogP) is 1.73. The predicted molar refractivity (Wildman–Crippen MR) is 69.2 cm³/mol. The molecule has 1 aliphatic heterocycles. The number of rotatable bonds is 5. The summed E-state index contributed by atoms with van der Waals surface area (Å²) in [6.07, 6.45) is 1.36. The normalized spacial score (nSPS) is 18.9. The van der Waals surface area contributed by atoms with Crippen LogP contribution in [0.3, 0.4) is 0 Å². The van der Waals surface area contributed by atoms with Gasteiger partial charge < -0.3 is 15.2 Å². The Hall–Kier alpha value is -1.39.